The smallest absolute Gasteiger partial charge is 0.251 e. The van der Waals surface area contributed by atoms with Gasteiger partial charge in [-0.25, -0.2) is 0 Å². The molecule has 178 valence electrons. The van der Waals surface area contributed by atoms with E-state index >= 15 is 0 Å². The lowest BCUT2D eigenvalue weighted by Gasteiger charge is -2.25. The standard InChI is InChI=1S/C27H31N3O4/c1-34-23-14-8-11-21(15-23)17-28-18-25(31)24(16-20-9-4-2-5-10-20)30-26(32)19-29-27(33)22-12-6-3-7-13-22/h2-15,24-25,28,31H,16-19H2,1H3,(H,29,33)(H,30,32). The van der Waals surface area contributed by atoms with E-state index in [-0.39, 0.29) is 24.9 Å². The average molecular weight is 462 g/mol. The van der Waals surface area contributed by atoms with Crippen molar-refractivity contribution >= 4 is 11.8 Å². The van der Waals surface area contributed by atoms with Crippen LogP contribution in [0.5, 0.6) is 5.75 Å². The Morgan fingerprint density at radius 1 is 0.912 bits per heavy atom. The van der Waals surface area contributed by atoms with Crippen molar-refractivity contribution in [1.29, 1.82) is 0 Å². The van der Waals surface area contributed by atoms with E-state index in [9.17, 15) is 14.7 Å². The number of methoxy groups -OCH3 is 1. The second kappa shape index (κ2) is 13.1. The largest absolute Gasteiger partial charge is 0.497 e. The van der Waals surface area contributed by atoms with Crippen LogP contribution in [0.2, 0.25) is 0 Å². The third-order valence-electron chi connectivity index (χ3n) is 5.37. The van der Waals surface area contributed by atoms with Crippen LogP contribution in [0.3, 0.4) is 0 Å². The monoisotopic (exact) mass is 461 g/mol. The van der Waals surface area contributed by atoms with Gasteiger partial charge in [0, 0.05) is 18.7 Å². The molecule has 3 rings (SSSR count). The molecular formula is C27H31N3O4. The third kappa shape index (κ3) is 8.03. The second-order valence-electron chi connectivity index (χ2n) is 7.96. The normalized spacial score (nSPS) is 12.4. The lowest BCUT2D eigenvalue weighted by Crippen LogP contribution is -2.51. The highest BCUT2D eigenvalue weighted by Gasteiger charge is 2.22. The zero-order chi connectivity index (χ0) is 24.2. The van der Waals surface area contributed by atoms with Gasteiger partial charge in [0.25, 0.3) is 5.91 Å². The number of hydrogen-bond acceptors (Lipinski definition) is 5. The number of benzene rings is 3. The fourth-order valence-corrected chi connectivity index (χ4v) is 3.55. The van der Waals surface area contributed by atoms with Gasteiger partial charge < -0.3 is 25.8 Å². The summed E-state index contributed by atoms with van der Waals surface area (Å²) in [6.07, 6.45) is -0.374. The summed E-state index contributed by atoms with van der Waals surface area (Å²) >= 11 is 0. The lowest BCUT2D eigenvalue weighted by molar-refractivity contribution is -0.121. The fraction of sp³-hybridized carbons (Fsp3) is 0.259. The summed E-state index contributed by atoms with van der Waals surface area (Å²) in [6.45, 7) is 0.655. The highest BCUT2D eigenvalue weighted by molar-refractivity contribution is 5.96. The Bertz CT molecular complexity index is 1040. The average Bonchev–Trinajstić information content (AvgIpc) is 2.88. The molecule has 2 amide bonds. The van der Waals surface area contributed by atoms with E-state index in [2.05, 4.69) is 16.0 Å². The molecule has 7 nitrogen and oxygen atoms in total. The van der Waals surface area contributed by atoms with Crippen molar-refractivity contribution in [3.63, 3.8) is 0 Å². The van der Waals surface area contributed by atoms with Crippen molar-refractivity contribution in [2.45, 2.75) is 25.1 Å². The van der Waals surface area contributed by atoms with E-state index in [0.717, 1.165) is 16.9 Å². The quantitative estimate of drug-likeness (QED) is 0.332. The molecule has 0 saturated carbocycles. The van der Waals surface area contributed by atoms with E-state index in [1.165, 1.54) is 0 Å². The van der Waals surface area contributed by atoms with Gasteiger partial charge in [-0.15, -0.1) is 0 Å². The van der Waals surface area contributed by atoms with Crippen LogP contribution in [0.25, 0.3) is 0 Å². The Balaban J connectivity index is 1.56. The Hall–Kier alpha value is -3.68. The number of rotatable bonds is 12. The van der Waals surface area contributed by atoms with Crippen molar-refractivity contribution in [1.82, 2.24) is 16.0 Å². The molecule has 4 N–H and O–H groups in total. The van der Waals surface area contributed by atoms with Crippen LogP contribution in [0.15, 0.2) is 84.9 Å². The maximum Gasteiger partial charge on any atom is 0.251 e. The molecule has 0 fully saturated rings. The SMILES string of the molecule is COc1cccc(CNCC(O)C(Cc2ccccc2)NC(=O)CNC(=O)c2ccccc2)c1. The number of amides is 2. The molecule has 0 spiro atoms. The maximum atomic E-state index is 12.6. The summed E-state index contributed by atoms with van der Waals surface area (Å²) in [6, 6.07) is 25.5. The first kappa shape index (κ1) is 25.0. The zero-order valence-electron chi connectivity index (χ0n) is 19.2. The predicted octanol–water partition coefficient (Wildman–Crippen LogP) is 2.30. The van der Waals surface area contributed by atoms with Crippen LogP contribution in [-0.2, 0) is 17.8 Å². The number of carbonyl (C=O) groups excluding carboxylic acids is 2. The highest BCUT2D eigenvalue weighted by atomic mass is 16.5. The summed E-state index contributed by atoms with van der Waals surface area (Å²) in [5.41, 5.74) is 2.50. The predicted molar refractivity (Wildman–Crippen MR) is 132 cm³/mol. The molecule has 0 aliphatic heterocycles. The molecule has 3 aromatic rings. The number of aliphatic hydroxyl groups excluding tert-OH is 1. The number of carbonyl (C=O) groups is 2. The minimum absolute atomic E-state index is 0.178. The summed E-state index contributed by atoms with van der Waals surface area (Å²) in [4.78, 5) is 24.8. The van der Waals surface area contributed by atoms with Crippen molar-refractivity contribution in [3.05, 3.63) is 102 Å². The van der Waals surface area contributed by atoms with Gasteiger partial charge in [-0.2, -0.15) is 0 Å². The van der Waals surface area contributed by atoms with Crippen molar-refractivity contribution in [2.75, 3.05) is 20.2 Å². The summed E-state index contributed by atoms with van der Waals surface area (Å²) < 4.78 is 5.24. The second-order valence-corrected chi connectivity index (χ2v) is 7.96. The molecule has 0 aromatic heterocycles. The lowest BCUT2D eigenvalue weighted by atomic mass is 10.0. The van der Waals surface area contributed by atoms with Gasteiger partial charge >= 0.3 is 0 Å². The van der Waals surface area contributed by atoms with Crippen molar-refractivity contribution < 1.29 is 19.4 Å². The molecule has 2 unspecified atom stereocenters. The van der Waals surface area contributed by atoms with Gasteiger partial charge in [-0.3, -0.25) is 9.59 Å². The number of hydrogen-bond donors (Lipinski definition) is 4. The van der Waals surface area contributed by atoms with Crippen LogP contribution in [0.4, 0.5) is 0 Å². The molecule has 7 heteroatoms. The summed E-state index contributed by atoms with van der Waals surface area (Å²) in [7, 11) is 1.62. The van der Waals surface area contributed by atoms with E-state index in [0.29, 0.717) is 18.5 Å². The Morgan fingerprint density at radius 3 is 2.29 bits per heavy atom. The number of ether oxygens (including phenoxy) is 1. The first-order chi connectivity index (χ1) is 16.5. The van der Waals surface area contributed by atoms with Gasteiger partial charge in [0.05, 0.1) is 25.8 Å². The molecule has 0 radical (unpaired) electrons. The molecule has 3 aromatic carbocycles. The van der Waals surface area contributed by atoms with E-state index in [4.69, 9.17) is 4.74 Å². The summed E-state index contributed by atoms with van der Waals surface area (Å²) in [5, 5.41) is 19.6. The van der Waals surface area contributed by atoms with Crippen molar-refractivity contribution in [3.8, 4) is 5.75 Å². The molecule has 0 aliphatic carbocycles. The first-order valence-electron chi connectivity index (χ1n) is 11.2. The van der Waals surface area contributed by atoms with Crippen LogP contribution in [0.1, 0.15) is 21.5 Å². The minimum atomic E-state index is -0.834. The molecule has 0 heterocycles. The number of nitrogens with one attached hydrogen (secondary N) is 3. The highest BCUT2D eigenvalue weighted by Crippen LogP contribution is 2.12. The Morgan fingerprint density at radius 2 is 1.59 bits per heavy atom. The maximum absolute atomic E-state index is 12.6. The molecule has 34 heavy (non-hydrogen) atoms. The van der Waals surface area contributed by atoms with E-state index in [1.54, 1.807) is 31.4 Å². The van der Waals surface area contributed by atoms with Crippen LogP contribution in [0, 0.1) is 0 Å². The summed E-state index contributed by atoms with van der Waals surface area (Å²) in [5.74, 6) is 0.0829. The van der Waals surface area contributed by atoms with Gasteiger partial charge in [-0.05, 0) is 41.8 Å². The van der Waals surface area contributed by atoms with Gasteiger partial charge in [-0.1, -0.05) is 60.7 Å². The van der Waals surface area contributed by atoms with Gasteiger partial charge in [0.2, 0.25) is 5.91 Å². The van der Waals surface area contributed by atoms with Crippen LogP contribution >= 0.6 is 0 Å². The Kier molecular flexibility index (Phi) is 9.64. The fourth-order valence-electron chi connectivity index (χ4n) is 3.55. The molecule has 0 aliphatic rings. The molecular weight excluding hydrogens is 430 g/mol. The molecule has 0 bridgehead atoms. The number of aliphatic hydroxyl groups is 1. The minimum Gasteiger partial charge on any atom is -0.497 e. The molecule has 0 saturated heterocycles. The van der Waals surface area contributed by atoms with E-state index < -0.39 is 12.1 Å². The third-order valence-corrected chi connectivity index (χ3v) is 5.37. The van der Waals surface area contributed by atoms with Crippen LogP contribution in [-0.4, -0.2) is 49.3 Å². The zero-order valence-corrected chi connectivity index (χ0v) is 19.2. The Labute approximate surface area is 200 Å². The van der Waals surface area contributed by atoms with Crippen molar-refractivity contribution in [2.24, 2.45) is 0 Å². The topological polar surface area (TPSA) is 99.7 Å². The molecule has 2 atom stereocenters. The van der Waals surface area contributed by atoms with E-state index in [1.807, 2.05) is 60.7 Å². The van der Waals surface area contributed by atoms with Gasteiger partial charge in [0.1, 0.15) is 5.75 Å². The van der Waals surface area contributed by atoms with Crippen LogP contribution < -0.4 is 20.7 Å². The van der Waals surface area contributed by atoms with Gasteiger partial charge in [0.15, 0.2) is 0 Å². The first-order valence-corrected chi connectivity index (χ1v) is 11.2.